The van der Waals surface area contributed by atoms with Crippen LogP contribution in [0.1, 0.15) is 17.5 Å². The minimum Gasteiger partial charge on any atom is -0.392 e. The van der Waals surface area contributed by atoms with E-state index in [4.69, 9.17) is 9.97 Å². The van der Waals surface area contributed by atoms with Crippen LogP contribution in [0.5, 0.6) is 0 Å². The van der Waals surface area contributed by atoms with Crippen LogP contribution in [0.15, 0.2) is 78.4 Å². The first-order chi connectivity index (χ1) is 16.7. The lowest BCUT2D eigenvalue weighted by atomic mass is 10.0. The fourth-order valence-electron chi connectivity index (χ4n) is 3.90. The molecule has 2 N–H and O–H groups in total. The number of nitrogens with one attached hydrogen (secondary N) is 1. The van der Waals surface area contributed by atoms with Gasteiger partial charge >= 0.3 is 0 Å². The molecule has 34 heavy (non-hydrogen) atoms. The Balaban J connectivity index is 1.52. The number of hydrogen-bond donors (Lipinski definition) is 2. The van der Waals surface area contributed by atoms with Crippen LogP contribution < -0.4 is 5.32 Å². The maximum absolute atomic E-state index is 14.6. The van der Waals surface area contributed by atoms with E-state index in [9.17, 15) is 9.50 Å². The van der Waals surface area contributed by atoms with Crippen LogP contribution in [0.4, 0.5) is 10.2 Å². The standard InChI is InChI=1S/C27H23FN4OS/c28-23-15-29-13-11-21(23)26-31-24-22(20-10-4-8-19(14-20)16-33)17-34-25(24)27(32-26)30-12-5-9-18-6-2-1-3-7-18/h1-4,6-8,10-11,13-15,17,33H,5,9,12,16H2,(H,30,31,32). The van der Waals surface area contributed by atoms with Gasteiger partial charge in [-0.3, -0.25) is 4.98 Å². The molecule has 0 aliphatic carbocycles. The number of nitrogens with zero attached hydrogens (tertiary/aromatic N) is 3. The number of aromatic nitrogens is 3. The summed E-state index contributed by atoms with van der Waals surface area (Å²) in [5.74, 6) is 0.547. The Bertz CT molecular complexity index is 1420. The van der Waals surface area contributed by atoms with E-state index in [-0.39, 0.29) is 6.61 Å². The molecule has 3 heterocycles. The van der Waals surface area contributed by atoms with Crippen LogP contribution in [0.2, 0.25) is 0 Å². The molecule has 0 unspecified atom stereocenters. The van der Waals surface area contributed by atoms with Gasteiger partial charge in [0.15, 0.2) is 11.6 Å². The summed E-state index contributed by atoms with van der Waals surface area (Å²) in [4.78, 5) is 13.3. The Morgan fingerprint density at radius 1 is 0.941 bits per heavy atom. The van der Waals surface area contributed by atoms with E-state index in [1.165, 1.54) is 18.0 Å². The molecule has 0 saturated carbocycles. The number of rotatable bonds is 8. The largest absolute Gasteiger partial charge is 0.392 e. The molecule has 0 aliphatic rings. The van der Waals surface area contributed by atoms with E-state index in [1.807, 2.05) is 47.8 Å². The normalized spacial score (nSPS) is 11.1. The number of anilines is 1. The zero-order valence-electron chi connectivity index (χ0n) is 18.4. The fraction of sp³-hybridized carbons (Fsp3) is 0.148. The highest BCUT2D eigenvalue weighted by Gasteiger charge is 2.17. The molecular weight excluding hydrogens is 447 g/mol. The number of thiophene rings is 1. The number of aliphatic hydroxyl groups is 1. The second kappa shape index (κ2) is 10.1. The molecule has 170 valence electrons. The summed E-state index contributed by atoms with van der Waals surface area (Å²) in [7, 11) is 0. The molecule has 0 atom stereocenters. The quantitative estimate of drug-likeness (QED) is 0.268. The number of fused-ring (bicyclic) bond motifs is 1. The predicted molar refractivity (Wildman–Crippen MR) is 135 cm³/mol. The zero-order valence-corrected chi connectivity index (χ0v) is 19.2. The summed E-state index contributed by atoms with van der Waals surface area (Å²) in [6, 6.07) is 19.7. The fourth-order valence-corrected chi connectivity index (χ4v) is 4.88. The maximum atomic E-state index is 14.6. The first kappa shape index (κ1) is 22.1. The van der Waals surface area contributed by atoms with E-state index >= 15 is 0 Å². The summed E-state index contributed by atoms with van der Waals surface area (Å²) >= 11 is 1.56. The summed E-state index contributed by atoms with van der Waals surface area (Å²) in [5, 5.41) is 15.1. The van der Waals surface area contributed by atoms with Crippen molar-refractivity contribution in [1.82, 2.24) is 15.0 Å². The lowest BCUT2D eigenvalue weighted by Gasteiger charge is -2.10. The summed E-state index contributed by atoms with van der Waals surface area (Å²) in [6.07, 6.45) is 4.61. The van der Waals surface area contributed by atoms with E-state index in [0.717, 1.165) is 46.3 Å². The number of halogens is 1. The monoisotopic (exact) mass is 470 g/mol. The molecule has 3 aromatic heterocycles. The summed E-state index contributed by atoms with van der Waals surface area (Å²) < 4.78 is 15.5. The van der Waals surface area contributed by atoms with Crippen LogP contribution >= 0.6 is 11.3 Å². The van der Waals surface area contributed by atoms with Crippen molar-refractivity contribution in [2.24, 2.45) is 0 Å². The van der Waals surface area contributed by atoms with Crippen LogP contribution in [0.25, 0.3) is 32.7 Å². The molecule has 0 spiro atoms. The predicted octanol–water partition coefficient (Wildman–Crippen LogP) is 6.10. The molecule has 0 amide bonds. The number of hydrogen-bond acceptors (Lipinski definition) is 6. The van der Waals surface area contributed by atoms with Gasteiger partial charge in [0.1, 0.15) is 5.82 Å². The van der Waals surface area contributed by atoms with Gasteiger partial charge in [-0.2, -0.15) is 0 Å². The third-order valence-corrected chi connectivity index (χ3v) is 6.60. The topological polar surface area (TPSA) is 70.9 Å². The van der Waals surface area contributed by atoms with Crippen molar-refractivity contribution < 1.29 is 9.50 Å². The van der Waals surface area contributed by atoms with E-state index in [2.05, 4.69) is 22.4 Å². The third kappa shape index (κ3) is 4.66. The van der Waals surface area contributed by atoms with Crippen LogP contribution in [-0.4, -0.2) is 26.6 Å². The van der Waals surface area contributed by atoms with E-state index < -0.39 is 5.82 Å². The third-order valence-electron chi connectivity index (χ3n) is 5.63. The average molecular weight is 471 g/mol. The van der Waals surface area contributed by atoms with E-state index in [0.29, 0.717) is 17.2 Å². The highest BCUT2D eigenvalue weighted by Crippen LogP contribution is 2.38. The van der Waals surface area contributed by atoms with Gasteiger partial charge in [0.25, 0.3) is 0 Å². The van der Waals surface area contributed by atoms with Crippen molar-refractivity contribution in [3.05, 3.63) is 95.4 Å². The number of pyridine rings is 1. The van der Waals surface area contributed by atoms with Crippen molar-refractivity contribution >= 4 is 27.4 Å². The average Bonchev–Trinajstić information content (AvgIpc) is 3.32. The van der Waals surface area contributed by atoms with Crippen molar-refractivity contribution in [3.63, 3.8) is 0 Å². The molecular formula is C27H23FN4OS. The number of aliphatic hydroxyl groups excluding tert-OH is 1. The van der Waals surface area contributed by atoms with Gasteiger partial charge < -0.3 is 10.4 Å². The maximum Gasteiger partial charge on any atom is 0.165 e. The van der Waals surface area contributed by atoms with Gasteiger partial charge in [0.2, 0.25) is 0 Å². The van der Waals surface area contributed by atoms with Gasteiger partial charge in [-0.25, -0.2) is 14.4 Å². The smallest absolute Gasteiger partial charge is 0.165 e. The molecule has 0 aliphatic heterocycles. The minimum atomic E-state index is -0.462. The van der Waals surface area contributed by atoms with E-state index in [1.54, 1.807) is 17.4 Å². The number of benzene rings is 2. The second-order valence-corrected chi connectivity index (χ2v) is 8.83. The van der Waals surface area contributed by atoms with Crippen molar-refractivity contribution in [2.45, 2.75) is 19.4 Å². The lowest BCUT2D eigenvalue weighted by Crippen LogP contribution is -2.06. The molecule has 0 radical (unpaired) electrons. The zero-order chi connectivity index (χ0) is 23.3. The Hall–Kier alpha value is -3.68. The Kier molecular flexibility index (Phi) is 6.56. The van der Waals surface area contributed by atoms with Gasteiger partial charge in [0.05, 0.1) is 28.6 Å². The van der Waals surface area contributed by atoms with Crippen LogP contribution in [0, 0.1) is 5.82 Å². The van der Waals surface area contributed by atoms with Crippen molar-refractivity contribution in [2.75, 3.05) is 11.9 Å². The molecule has 0 bridgehead atoms. The number of aryl methyl sites for hydroxylation is 1. The van der Waals surface area contributed by atoms with Crippen molar-refractivity contribution in [1.29, 1.82) is 0 Å². The van der Waals surface area contributed by atoms with Gasteiger partial charge in [-0.1, -0.05) is 48.5 Å². The first-order valence-corrected chi connectivity index (χ1v) is 12.0. The molecule has 5 rings (SSSR count). The molecule has 0 saturated heterocycles. The van der Waals surface area contributed by atoms with Gasteiger partial charge in [-0.05, 0) is 41.7 Å². The Morgan fingerprint density at radius 2 is 1.79 bits per heavy atom. The lowest BCUT2D eigenvalue weighted by molar-refractivity contribution is 0.282. The second-order valence-electron chi connectivity index (χ2n) is 7.95. The molecule has 2 aromatic carbocycles. The molecule has 0 fully saturated rings. The van der Waals surface area contributed by atoms with Gasteiger partial charge in [0, 0.05) is 23.7 Å². The molecule has 5 aromatic rings. The van der Waals surface area contributed by atoms with Crippen LogP contribution in [0.3, 0.4) is 0 Å². The minimum absolute atomic E-state index is 0.0351. The molecule has 7 heteroatoms. The Morgan fingerprint density at radius 3 is 2.62 bits per heavy atom. The highest BCUT2D eigenvalue weighted by atomic mass is 32.1. The summed E-state index contributed by atoms with van der Waals surface area (Å²) in [5.41, 5.74) is 5.07. The Labute approximate surface area is 201 Å². The molecule has 5 nitrogen and oxygen atoms in total. The first-order valence-electron chi connectivity index (χ1n) is 11.1. The summed E-state index contributed by atoms with van der Waals surface area (Å²) in [6.45, 7) is 0.694. The van der Waals surface area contributed by atoms with Gasteiger partial charge in [-0.15, -0.1) is 11.3 Å². The SMILES string of the molecule is OCc1cccc(-c2csc3c(NCCCc4ccccc4)nc(-c4ccncc4F)nc23)c1. The highest BCUT2D eigenvalue weighted by molar-refractivity contribution is 7.18. The van der Waals surface area contributed by atoms with Crippen LogP contribution in [-0.2, 0) is 13.0 Å². The van der Waals surface area contributed by atoms with Crippen molar-refractivity contribution in [3.8, 4) is 22.5 Å².